The summed E-state index contributed by atoms with van der Waals surface area (Å²) in [5, 5.41) is 17.6. The molecule has 1 rings (SSSR count). The van der Waals surface area contributed by atoms with E-state index in [0.717, 1.165) is 5.56 Å². The number of nitrogens with zero attached hydrogens (tertiary/aromatic N) is 2. The molecular formula is C12H15ClN2O2. The third kappa shape index (κ3) is 5.34. The molecule has 0 aliphatic rings. The SMILES string of the molecule is CC(C#N)N(CC(=O)O)Cc1ccccc1.Cl. The van der Waals surface area contributed by atoms with Crippen molar-refractivity contribution in [1.29, 1.82) is 5.26 Å². The highest BCUT2D eigenvalue weighted by Crippen LogP contribution is 2.07. The number of rotatable bonds is 5. The lowest BCUT2D eigenvalue weighted by Gasteiger charge is -2.22. The van der Waals surface area contributed by atoms with E-state index < -0.39 is 12.0 Å². The molecular weight excluding hydrogens is 240 g/mol. The summed E-state index contributed by atoms with van der Waals surface area (Å²) in [6.45, 7) is 2.05. The first-order valence-corrected chi connectivity index (χ1v) is 5.03. The van der Waals surface area contributed by atoms with Gasteiger partial charge in [0.25, 0.3) is 0 Å². The van der Waals surface area contributed by atoms with Gasteiger partial charge < -0.3 is 5.11 Å². The standard InChI is InChI=1S/C12H14N2O2.ClH/c1-10(7-13)14(9-12(15)16)8-11-5-3-2-4-6-11;/h2-6,10H,8-9H2,1H3,(H,15,16);1H. The Morgan fingerprint density at radius 2 is 2.06 bits per heavy atom. The van der Waals surface area contributed by atoms with Crippen LogP contribution < -0.4 is 0 Å². The first-order valence-electron chi connectivity index (χ1n) is 5.03. The molecule has 0 aliphatic carbocycles. The van der Waals surface area contributed by atoms with Crippen molar-refractivity contribution in [2.24, 2.45) is 0 Å². The second kappa shape index (κ2) is 7.66. The van der Waals surface area contributed by atoms with Gasteiger partial charge in [-0.2, -0.15) is 5.26 Å². The van der Waals surface area contributed by atoms with Crippen LogP contribution in [0.2, 0.25) is 0 Å². The molecule has 0 saturated heterocycles. The molecule has 1 N–H and O–H groups in total. The van der Waals surface area contributed by atoms with Gasteiger partial charge in [-0.3, -0.25) is 9.69 Å². The minimum absolute atomic E-state index is 0. The molecule has 1 unspecified atom stereocenters. The third-order valence-electron chi connectivity index (χ3n) is 2.30. The molecule has 1 aromatic rings. The van der Waals surface area contributed by atoms with E-state index in [4.69, 9.17) is 10.4 Å². The molecule has 0 amide bonds. The van der Waals surface area contributed by atoms with Crippen molar-refractivity contribution < 1.29 is 9.90 Å². The second-order valence-corrected chi connectivity index (χ2v) is 3.59. The molecule has 0 radical (unpaired) electrons. The molecule has 4 nitrogen and oxygen atoms in total. The Balaban J connectivity index is 0.00000256. The van der Waals surface area contributed by atoms with Crippen LogP contribution in [0.4, 0.5) is 0 Å². The minimum Gasteiger partial charge on any atom is -0.480 e. The predicted octanol–water partition coefficient (Wildman–Crippen LogP) is 1.91. The molecule has 1 atom stereocenters. The van der Waals surface area contributed by atoms with E-state index in [9.17, 15) is 4.79 Å². The number of nitriles is 1. The lowest BCUT2D eigenvalue weighted by atomic mass is 10.2. The van der Waals surface area contributed by atoms with Gasteiger partial charge >= 0.3 is 5.97 Å². The predicted molar refractivity (Wildman–Crippen MR) is 66.8 cm³/mol. The highest BCUT2D eigenvalue weighted by Gasteiger charge is 2.16. The lowest BCUT2D eigenvalue weighted by molar-refractivity contribution is -0.138. The van der Waals surface area contributed by atoms with E-state index >= 15 is 0 Å². The summed E-state index contributed by atoms with van der Waals surface area (Å²) < 4.78 is 0. The molecule has 1 aromatic carbocycles. The van der Waals surface area contributed by atoms with Crippen molar-refractivity contribution >= 4 is 18.4 Å². The lowest BCUT2D eigenvalue weighted by Crippen LogP contribution is -2.35. The van der Waals surface area contributed by atoms with Crippen LogP contribution in [-0.4, -0.2) is 28.6 Å². The number of carboxylic acid groups (broad SMARTS) is 1. The van der Waals surface area contributed by atoms with Gasteiger partial charge in [-0.05, 0) is 12.5 Å². The fraction of sp³-hybridized carbons (Fsp3) is 0.333. The number of halogens is 1. The highest BCUT2D eigenvalue weighted by molar-refractivity contribution is 5.85. The Hall–Kier alpha value is -1.57. The van der Waals surface area contributed by atoms with Crippen molar-refractivity contribution in [3.05, 3.63) is 35.9 Å². The maximum absolute atomic E-state index is 10.7. The molecule has 5 heteroatoms. The summed E-state index contributed by atoms with van der Waals surface area (Å²) in [7, 11) is 0. The van der Waals surface area contributed by atoms with Crippen molar-refractivity contribution in [3.63, 3.8) is 0 Å². The first-order chi connectivity index (χ1) is 7.63. The number of carboxylic acids is 1. The van der Waals surface area contributed by atoms with E-state index in [2.05, 4.69) is 6.07 Å². The summed E-state index contributed by atoms with van der Waals surface area (Å²) in [5.41, 5.74) is 1.01. The summed E-state index contributed by atoms with van der Waals surface area (Å²) in [4.78, 5) is 12.3. The largest absolute Gasteiger partial charge is 0.480 e. The number of carbonyl (C=O) groups is 1. The topological polar surface area (TPSA) is 64.3 Å². The summed E-state index contributed by atoms with van der Waals surface area (Å²) in [6, 6.07) is 11.2. The van der Waals surface area contributed by atoms with Crippen molar-refractivity contribution in [3.8, 4) is 6.07 Å². The van der Waals surface area contributed by atoms with Crippen molar-refractivity contribution in [2.75, 3.05) is 6.54 Å². The van der Waals surface area contributed by atoms with Crippen molar-refractivity contribution in [2.45, 2.75) is 19.5 Å². The van der Waals surface area contributed by atoms with Crippen LogP contribution in [-0.2, 0) is 11.3 Å². The van der Waals surface area contributed by atoms with E-state index in [-0.39, 0.29) is 19.0 Å². The number of hydrogen-bond donors (Lipinski definition) is 1. The molecule has 0 aromatic heterocycles. The quantitative estimate of drug-likeness (QED) is 0.872. The second-order valence-electron chi connectivity index (χ2n) is 3.59. The van der Waals surface area contributed by atoms with E-state index in [1.165, 1.54) is 0 Å². The van der Waals surface area contributed by atoms with Gasteiger partial charge in [-0.15, -0.1) is 12.4 Å². The van der Waals surface area contributed by atoms with Crippen LogP contribution in [0.1, 0.15) is 12.5 Å². The summed E-state index contributed by atoms with van der Waals surface area (Å²) in [6.07, 6.45) is 0. The van der Waals surface area contributed by atoms with E-state index in [0.29, 0.717) is 6.54 Å². The van der Waals surface area contributed by atoms with Crippen LogP contribution in [0, 0.1) is 11.3 Å². The van der Waals surface area contributed by atoms with Crippen LogP contribution >= 0.6 is 12.4 Å². The molecule has 92 valence electrons. The smallest absolute Gasteiger partial charge is 0.317 e. The molecule has 0 saturated carbocycles. The first kappa shape index (κ1) is 15.4. The highest BCUT2D eigenvalue weighted by atomic mass is 35.5. The Kier molecular flexibility index (Phi) is 6.95. The molecule has 0 heterocycles. The molecule has 17 heavy (non-hydrogen) atoms. The Morgan fingerprint density at radius 3 is 2.53 bits per heavy atom. The number of hydrogen-bond acceptors (Lipinski definition) is 3. The Labute approximate surface area is 107 Å². The van der Waals surface area contributed by atoms with Gasteiger partial charge in [0, 0.05) is 6.54 Å². The van der Waals surface area contributed by atoms with Gasteiger partial charge in [-0.1, -0.05) is 30.3 Å². The molecule has 0 bridgehead atoms. The van der Waals surface area contributed by atoms with Gasteiger partial charge in [0.2, 0.25) is 0 Å². The van der Waals surface area contributed by atoms with E-state index in [1.54, 1.807) is 11.8 Å². The van der Waals surface area contributed by atoms with Crippen LogP contribution in [0.5, 0.6) is 0 Å². The maximum atomic E-state index is 10.7. The fourth-order valence-corrected chi connectivity index (χ4v) is 1.40. The van der Waals surface area contributed by atoms with Crippen LogP contribution in [0.3, 0.4) is 0 Å². The molecule has 0 spiro atoms. The average Bonchev–Trinajstić information content (AvgIpc) is 2.28. The summed E-state index contributed by atoms with van der Waals surface area (Å²) in [5.74, 6) is -0.918. The normalized spacial score (nSPS) is 11.4. The van der Waals surface area contributed by atoms with Gasteiger partial charge in [-0.25, -0.2) is 0 Å². The fourth-order valence-electron chi connectivity index (χ4n) is 1.40. The zero-order valence-corrected chi connectivity index (χ0v) is 10.4. The number of aliphatic carboxylic acids is 1. The van der Waals surface area contributed by atoms with Crippen LogP contribution in [0.15, 0.2) is 30.3 Å². The zero-order valence-electron chi connectivity index (χ0n) is 9.54. The monoisotopic (exact) mass is 254 g/mol. The van der Waals surface area contributed by atoms with Gasteiger partial charge in [0.1, 0.15) is 0 Å². The van der Waals surface area contributed by atoms with E-state index in [1.807, 2.05) is 30.3 Å². The maximum Gasteiger partial charge on any atom is 0.317 e. The molecule has 0 fully saturated rings. The minimum atomic E-state index is -0.918. The Morgan fingerprint density at radius 1 is 1.47 bits per heavy atom. The molecule has 0 aliphatic heterocycles. The summed E-state index contributed by atoms with van der Waals surface area (Å²) >= 11 is 0. The van der Waals surface area contributed by atoms with Crippen molar-refractivity contribution in [1.82, 2.24) is 4.90 Å². The Bertz CT molecular complexity index is 389. The zero-order chi connectivity index (χ0) is 12.0. The van der Waals surface area contributed by atoms with Gasteiger partial charge in [0.15, 0.2) is 0 Å². The number of benzene rings is 1. The van der Waals surface area contributed by atoms with Gasteiger partial charge in [0.05, 0.1) is 18.7 Å². The third-order valence-corrected chi connectivity index (χ3v) is 2.30. The van der Waals surface area contributed by atoms with Crippen LogP contribution in [0.25, 0.3) is 0 Å². The average molecular weight is 255 g/mol.